The van der Waals surface area contributed by atoms with Gasteiger partial charge in [0, 0.05) is 12.1 Å². The molecule has 6 nitrogen and oxygen atoms in total. The summed E-state index contributed by atoms with van der Waals surface area (Å²) in [5, 5.41) is 5.20. The zero-order valence-electron chi connectivity index (χ0n) is 13.0. The van der Waals surface area contributed by atoms with Crippen LogP contribution >= 0.6 is 0 Å². The molecule has 6 heteroatoms. The summed E-state index contributed by atoms with van der Waals surface area (Å²) in [6.45, 7) is 10.7. The number of hydrogen-bond acceptors (Lipinski definition) is 5. The molecule has 0 saturated heterocycles. The molecule has 0 radical (unpaired) electrons. The Kier molecular flexibility index (Phi) is 11.3. The van der Waals surface area contributed by atoms with Gasteiger partial charge in [-0.1, -0.05) is 32.6 Å². The Bertz CT molecular complexity index is 441. The maximum Gasteiger partial charge on any atom is 0.333 e. The van der Waals surface area contributed by atoms with Crippen molar-refractivity contribution in [2.75, 3.05) is 19.7 Å². The first-order valence-corrected chi connectivity index (χ1v) is 7.20. The maximum absolute atomic E-state index is 11.6. The van der Waals surface area contributed by atoms with E-state index >= 15 is 0 Å². The summed E-state index contributed by atoms with van der Waals surface area (Å²) in [5.74, 6) is -1.65. The average molecular weight is 308 g/mol. The molecule has 0 aliphatic rings. The molecule has 0 aliphatic carbocycles. The van der Waals surface area contributed by atoms with E-state index in [0.717, 1.165) is 31.5 Å². The topological polar surface area (TPSA) is 84.5 Å². The fourth-order valence-electron chi connectivity index (χ4n) is 1.35. The van der Waals surface area contributed by atoms with Crippen molar-refractivity contribution < 1.29 is 19.1 Å². The van der Waals surface area contributed by atoms with E-state index in [1.807, 2.05) is 0 Å². The average Bonchev–Trinajstić information content (AvgIpc) is 2.50. The van der Waals surface area contributed by atoms with Gasteiger partial charge in [-0.3, -0.25) is 14.9 Å². The Morgan fingerprint density at radius 2 is 1.91 bits per heavy atom. The molecule has 0 rings (SSSR count). The van der Waals surface area contributed by atoms with Crippen LogP contribution in [-0.2, 0) is 19.1 Å². The molecule has 0 spiro atoms. The van der Waals surface area contributed by atoms with Gasteiger partial charge in [-0.05, 0) is 31.5 Å². The summed E-state index contributed by atoms with van der Waals surface area (Å²) >= 11 is 0. The van der Waals surface area contributed by atoms with E-state index in [1.54, 1.807) is 0 Å². The fraction of sp³-hybridized carbons (Fsp3) is 0.438. The predicted molar refractivity (Wildman–Crippen MR) is 85.0 cm³/mol. The van der Waals surface area contributed by atoms with Crippen LogP contribution in [0.15, 0.2) is 37.0 Å². The molecule has 0 aromatic heterocycles. The number of imide groups is 1. The number of carbonyl (C=O) groups is 3. The SMILES string of the molecule is C=CC(=O)NC(=O)C=CCC(=C)C(=O)OCCNCCCC. The van der Waals surface area contributed by atoms with Crippen LogP contribution in [0.25, 0.3) is 0 Å². The lowest BCUT2D eigenvalue weighted by molar-refractivity contribution is -0.139. The van der Waals surface area contributed by atoms with Crippen LogP contribution in [0.1, 0.15) is 26.2 Å². The number of carbonyl (C=O) groups excluding carboxylic acids is 3. The number of ether oxygens (including phenoxy) is 1. The molecular weight excluding hydrogens is 284 g/mol. The van der Waals surface area contributed by atoms with Crippen molar-refractivity contribution in [1.29, 1.82) is 0 Å². The van der Waals surface area contributed by atoms with Crippen molar-refractivity contribution in [2.45, 2.75) is 26.2 Å². The van der Waals surface area contributed by atoms with Crippen LogP contribution in [0.4, 0.5) is 0 Å². The van der Waals surface area contributed by atoms with Gasteiger partial charge in [-0.2, -0.15) is 0 Å². The number of amides is 2. The van der Waals surface area contributed by atoms with Gasteiger partial charge < -0.3 is 10.1 Å². The van der Waals surface area contributed by atoms with Crippen LogP contribution < -0.4 is 10.6 Å². The Hall–Kier alpha value is -2.21. The molecule has 0 bridgehead atoms. The van der Waals surface area contributed by atoms with E-state index in [9.17, 15) is 14.4 Å². The van der Waals surface area contributed by atoms with Gasteiger partial charge in [0.05, 0.1) is 0 Å². The molecule has 0 fully saturated rings. The first kappa shape index (κ1) is 19.8. The van der Waals surface area contributed by atoms with Crippen LogP contribution in [0.2, 0.25) is 0 Å². The smallest absolute Gasteiger partial charge is 0.333 e. The van der Waals surface area contributed by atoms with Crippen molar-refractivity contribution in [3.63, 3.8) is 0 Å². The minimum Gasteiger partial charge on any atom is -0.461 e. The number of rotatable bonds is 11. The van der Waals surface area contributed by atoms with E-state index in [0.29, 0.717) is 6.54 Å². The lowest BCUT2D eigenvalue weighted by atomic mass is 10.2. The minimum absolute atomic E-state index is 0.178. The predicted octanol–water partition coefficient (Wildman–Crippen LogP) is 1.25. The highest BCUT2D eigenvalue weighted by Crippen LogP contribution is 2.02. The van der Waals surface area contributed by atoms with Crippen molar-refractivity contribution in [3.05, 3.63) is 37.0 Å². The summed E-state index contributed by atoms with van der Waals surface area (Å²) in [6.07, 6.45) is 5.97. The van der Waals surface area contributed by atoms with Crippen LogP contribution in [0.5, 0.6) is 0 Å². The number of unbranched alkanes of at least 4 members (excludes halogenated alkanes) is 1. The third kappa shape index (κ3) is 10.6. The molecular formula is C16H24N2O4. The summed E-state index contributed by atoms with van der Waals surface area (Å²) in [5.41, 5.74) is 0.243. The Morgan fingerprint density at radius 3 is 2.55 bits per heavy atom. The van der Waals surface area contributed by atoms with Gasteiger partial charge >= 0.3 is 5.97 Å². The number of nitrogens with one attached hydrogen (secondary N) is 2. The molecule has 2 N–H and O–H groups in total. The minimum atomic E-state index is -0.580. The van der Waals surface area contributed by atoms with Crippen molar-refractivity contribution in [1.82, 2.24) is 10.6 Å². The zero-order valence-corrected chi connectivity index (χ0v) is 13.0. The van der Waals surface area contributed by atoms with Gasteiger partial charge in [-0.25, -0.2) is 4.79 Å². The van der Waals surface area contributed by atoms with Crippen LogP contribution in [0, 0.1) is 0 Å². The van der Waals surface area contributed by atoms with Gasteiger partial charge in [0.25, 0.3) is 0 Å². The van der Waals surface area contributed by atoms with E-state index < -0.39 is 17.8 Å². The lowest BCUT2D eigenvalue weighted by Gasteiger charge is -2.06. The molecule has 0 saturated carbocycles. The van der Waals surface area contributed by atoms with E-state index in [2.05, 4.69) is 30.7 Å². The first-order chi connectivity index (χ1) is 10.5. The normalized spacial score (nSPS) is 10.2. The van der Waals surface area contributed by atoms with Gasteiger partial charge in [0.1, 0.15) is 6.61 Å². The van der Waals surface area contributed by atoms with E-state index in [-0.39, 0.29) is 18.6 Å². The quantitative estimate of drug-likeness (QED) is 0.341. The van der Waals surface area contributed by atoms with Crippen LogP contribution in [0.3, 0.4) is 0 Å². The molecule has 0 heterocycles. The highest BCUT2D eigenvalue weighted by Gasteiger charge is 2.07. The molecule has 0 aliphatic heterocycles. The molecule has 0 aromatic carbocycles. The lowest BCUT2D eigenvalue weighted by Crippen LogP contribution is -2.26. The largest absolute Gasteiger partial charge is 0.461 e. The Labute approximate surface area is 131 Å². The maximum atomic E-state index is 11.6. The Morgan fingerprint density at radius 1 is 1.18 bits per heavy atom. The second kappa shape index (κ2) is 12.5. The van der Waals surface area contributed by atoms with Gasteiger partial charge in [0.2, 0.25) is 11.8 Å². The molecule has 0 atom stereocenters. The summed E-state index contributed by atoms with van der Waals surface area (Å²) in [6, 6.07) is 0. The molecule has 22 heavy (non-hydrogen) atoms. The number of allylic oxidation sites excluding steroid dienone is 1. The van der Waals surface area contributed by atoms with Crippen LogP contribution in [-0.4, -0.2) is 37.5 Å². The number of hydrogen-bond donors (Lipinski definition) is 2. The third-order valence-electron chi connectivity index (χ3n) is 2.57. The molecule has 0 unspecified atom stereocenters. The summed E-state index contributed by atoms with van der Waals surface area (Å²) < 4.78 is 5.02. The van der Waals surface area contributed by atoms with Gasteiger partial charge in [-0.15, -0.1) is 0 Å². The first-order valence-electron chi connectivity index (χ1n) is 7.20. The second-order valence-electron chi connectivity index (χ2n) is 4.51. The summed E-state index contributed by atoms with van der Waals surface area (Å²) in [7, 11) is 0. The summed E-state index contributed by atoms with van der Waals surface area (Å²) in [4.78, 5) is 33.7. The molecule has 0 aromatic rings. The van der Waals surface area contributed by atoms with Gasteiger partial charge in [0.15, 0.2) is 0 Å². The third-order valence-corrected chi connectivity index (χ3v) is 2.57. The van der Waals surface area contributed by atoms with E-state index in [4.69, 9.17) is 4.74 Å². The Balaban J connectivity index is 3.86. The number of esters is 1. The van der Waals surface area contributed by atoms with Crippen molar-refractivity contribution >= 4 is 17.8 Å². The highest BCUT2D eigenvalue weighted by atomic mass is 16.5. The van der Waals surface area contributed by atoms with E-state index in [1.165, 1.54) is 6.08 Å². The van der Waals surface area contributed by atoms with Crippen molar-refractivity contribution in [2.24, 2.45) is 0 Å². The zero-order chi connectivity index (χ0) is 16.8. The molecule has 2 amide bonds. The standard InChI is InChI=1S/C16H24N2O4/c1-4-6-10-17-11-12-22-16(21)13(3)8-7-9-15(20)18-14(19)5-2/h5,7,9,17H,2-4,6,8,10-12H2,1H3,(H,18,19,20). The molecule has 122 valence electrons. The second-order valence-corrected chi connectivity index (χ2v) is 4.51. The fourth-order valence-corrected chi connectivity index (χ4v) is 1.35. The van der Waals surface area contributed by atoms with Crippen molar-refractivity contribution in [3.8, 4) is 0 Å². The monoisotopic (exact) mass is 308 g/mol. The highest BCUT2D eigenvalue weighted by molar-refractivity contribution is 6.04.